The number of hydrogen-bond donors (Lipinski definition) is 1. The minimum absolute atomic E-state index is 0.307. The highest BCUT2D eigenvalue weighted by Gasteiger charge is 2.13. The summed E-state index contributed by atoms with van der Waals surface area (Å²) in [7, 11) is 0. The van der Waals surface area contributed by atoms with Gasteiger partial charge in [0.1, 0.15) is 0 Å². The van der Waals surface area contributed by atoms with Gasteiger partial charge in [-0.25, -0.2) is 0 Å². The zero-order valence-electron chi connectivity index (χ0n) is 9.98. The van der Waals surface area contributed by atoms with Crippen molar-refractivity contribution in [2.24, 2.45) is 5.73 Å². The molecule has 1 unspecified atom stereocenters. The molecule has 2 N–H and O–H groups in total. The molecular formula is C13H19N3. The summed E-state index contributed by atoms with van der Waals surface area (Å²) in [6.07, 6.45) is 0. The van der Waals surface area contributed by atoms with Crippen molar-refractivity contribution in [3.63, 3.8) is 0 Å². The Bertz CT molecular complexity index is 368. The molecule has 0 radical (unpaired) electrons. The fourth-order valence-electron chi connectivity index (χ4n) is 1.87. The van der Waals surface area contributed by atoms with Crippen LogP contribution in [0.4, 0.5) is 0 Å². The Morgan fingerprint density at radius 3 is 2.81 bits per heavy atom. The lowest BCUT2D eigenvalue weighted by molar-refractivity contribution is 0.228. The zero-order chi connectivity index (χ0) is 12.0. The standard InChI is InChI=1S/C13H19N3/c1-3-16(8-7-14)11(2)13-6-4-5-12(9-13)10-15/h4-6,9,11H,3,7-8,14H2,1-2H3. The smallest absolute Gasteiger partial charge is 0.0991 e. The van der Waals surface area contributed by atoms with Crippen molar-refractivity contribution in [3.05, 3.63) is 35.4 Å². The van der Waals surface area contributed by atoms with Crippen LogP contribution in [0.3, 0.4) is 0 Å². The molecule has 16 heavy (non-hydrogen) atoms. The fraction of sp³-hybridized carbons (Fsp3) is 0.462. The van der Waals surface area contributed by atoms with E-state index in [1.165, 1.54) is 5.56 Å². The number of benzene rings is 1. The highest BCUT2D eigenvalue weighted by Crippen LogP contribution is 2.20. The summed E-state index contributed by atoms with van der Waals surface area (Å²) in [5.74, 6) is 0. The molecule has 0 heterocycles. The minimum Gasteiger partial charge on any atom is -0.329 e. The molecule has 0 saturated heterocycles. The number of nitriles is 1. The molecule has 1 aromatic rings. The summed E-state index contributed by atoms with van der Waals surface area (Å²) in [5, 5.41) is 8.86. The van der Waals surface area contributed by atoms with Crippen molar-refractivity contribution in [2.75, 3.05) is 19.6 Å². The van der Waals surface area contributed by atoms with Gasteiger partial charge in [0.05, 0.1) is 11.6 Å². The van der Waals surface area contributed by atoms with Crippen molar-refractivity contribution in [3.8, 4) is 6.07 Å². The molecule has 3 heteroatoms. The number of nitrogens with two attached hydrogens (primary N) is 1. The maximum atomic E-state index is 8.86. The zero-order valence-corrected chi connectivity index (χ0v) is 9.98. The average molecular weight is 217 g/mol. The van der Waals surface area contributed by atoms with Gasteiger partial charge in [-0.1, -0.05) is 19.1 Å². The van der Waals surface area contributed by atoms with E-state index in [0.717, 1.165) is 13.1 Å². The van der Waals surface area contributed by atoms with Crippen LogP contribution in [0.1, 0.15) is 31.0 Å². The molecule has 0 aliphatic rings. The van der Waals surface area contributed by atoms with Gasteiger partial charge < -0.3 is 5.73 Å². The molecule has 0 saturated carbocycles. The Balaban J connectivity index is 2.85. The van der Waals surface area contributed by atoms with Crippen LogP contribution in [-0.4, -0.2) is 24.5 Å². The molecule has 0 spiro atoms. The maximum absolute atomic E-state index is 8.86. The number of hydrogen-bond acceptors (Lipinski definition) is 3. The van der Waals surface area contributed by atoms with E-state index in [2.05, 4.69) is 30.9 Å². The lowest BCUT2D eigenvalue weighted by Crippen LogP contribution is -2.31. The molecule has 86 valence electrons. The fourth-order valence-corrected chi connectivity index (χ4v) is 1.87. The Morgan fingerprint density at radius 1 is 1.50 bits per heavy atom. The van der Waals surface area contributed by atoms with Crippen LogP contribution in [0, 0.1) is 11.3 Å². The van der Waals surface area contributed by atoms with E-state index in [4.69, 9.17) is 11.0 Å². The van der Waals surface area contributed by atoms with E-state index in [9.17, 15) is 0 Å². The average Bonchev–Trinajstić information content (AvgIpc) is 2.35. The highest BCUT2D eigenvalue weighted by atomic mass is 15.1. The number of likely N-dealkylation sites (N-methyl/N-ethyl adjacent to an activating group) is 1. The summed E-state index contributed by atoms with van der Waals surface area (Å²) in [6.45, 7) is 6.79. The van der Waals surface area contributed by atoms with Crippen LogP contribution in [-0.2, 0) is 0 Å². The van der Waals surface area contributed by atoms with E-state index in [1.807, 2.05) is 18.2 Å². The molecule has 0 aromatic heterocycles. The van der Waals surface area contributed by atoms with Crippen LogP contribution < -0.4 is 5.73 Å². The monoisotopic (exact) mass is 217 g/mol. The maximum Gasteiger partial charge on any atom is 0.0991 e. The lowest BCUT2D eigenvalue weighted by Gasteiger charge is -2.27. The molecule has 1 rings (SSSR count). The molecule has 3 nitrogen and oxygen atoms in total. The predicted octanol–water partition coefficient (Wildman–Crippen LogP) is 1.90. The highest BCUT2D eigenvalue weighted by molar-refractivity contribution is 5.34. The first kappa shape index (κ1) is 12.7. The van der Waals surface area contributed by atoms with E-state index >= 15 is 0 Å². The van der Waals surface area contributed by atoms with Crippen molar-refractivity contribution in [2.45, 2.75) is 19.9 Å². The van der Waals surface area contributed by atoms with Gasteiger partial charge in [0.25, 0.3) is 0 Å². The molecule has 0 aliphatic heterocycles. The molecule has 0 fully saturated rings. The van der Waals surface area contributed by atoms with Gasteiger partial charge in [0.2, 0.25) is 0 Å². The van der Waals surface area contributed by atoms with Crippen LogP contribution in [0.25, 0.3) is 0 Å². The van der Waals surface area contributed by atoms with Gasteiger partial charge in [-0.3, -0.25) is 4.90 Å². The lowest BCUT2D eigenvalue weighted by atomic mass is 10.0. The number of nitrogens with zero attached hydrogens (tertiary/aromatic N) is 2. The first-order valence-electron chi connectivity index (χ1n) is 5.67. The first-order valence-corrected chi connectivity index (χ1v) is 5.67. The van der Waals surface area contributed by atoms with E-state index < -0.39 is 0 Å². The van der Waals surface area contributed by atoms with Crippen molar-refractivity contribution >= 4 is 0 Å². The van der Waals surface area contributed by atoms with E-state index in [1.54, 1.807) is 0 Å². The Morgan fingerprint density at radius 2 is 2.25 bits per heavy atom. The van der Waals surface area contributed by atoms with Crippen molar-refractivity contribution in [1.82, 2.24) is 4.90 Å². The summed E-state index contributed by atoms with van der Waals surface area (Å²) in [5.41, 5.74) is 7.47. The minimum atomic E-state index is 0.307. The van der Waals surface area contributed by atoms with Crippen LogP contribution >= 0.6 is 0 Å². The summed E-state index contributed by atoms with van der Waals surface area (Å²) >= 11 is 0. The topological polar surface area (TPSA) is 53.0 Å². The first-order chi connectivity index (χ1) is 7.72. The van der Waals surface area contributed by atoms with Crippen LogP contribution in [0.2, 0.25) is 0 Å². The van der Waals surface area contributed by atoms with Crippen molar-refractivity contribution in [1.29, 1.82) is 5.26 Å². The van der Waals surface area contributed by atoms with Crippen molar-refractivity contribution < 1.29 is 0 Å². The van der Waals surface area contributed by atoms with Gasteiger partial charge in [-0.05, 0) is 31.2 Å². The molecular weight excluding hydrogens is 198 g/mol. The summed E-state index contributed by atoms with van der Waals surface area (Å²) in [6, 6.07) is 10.2. The Hall–Kier alpha value is -1.37. The SMILES string of the molecule is CCN(CCN)C(C)c1cccc(C#N)c1. The van der Waals surface area contributed by atoms with Gasteiger partial charge in [-0.2, -0.15) is 5.26 Å². The van der Waals surface area contributed by atoms with Gasteiger partial charge >= 0.3 is 0 Å². The van der Waals surface area contributed by atoms with Crippen LogP contribution in [0.5, 0.6) is 0 Å². The second-order valence-corrected chi connectivity index (χ2v) is 3.83. The third-order valence-corrected chi connectivity index (χ3v) is 2.87. The van der Waals surface area contributed by atoms with Crippen LogP contribution in [0.15, 0.2) is 24.3 Å². The molecule has 0 bridgehead atoms. The molecule has 1 aromatic carbocycles. The van der Waals surface area contributed by atoms with E-state index in [0.29, 0.717) is 18.2 Å². The Kier molecular flexibility index (Phi) is 4.97. The van der Waals surface area contributed by atoms with Gasteiger partial charge in [-0.15, -0.1) is 0 Å². The normalized spacial score (nSPS) is 12.4. The second kappa shape index (κ2) is 6.26. The third kappa shape index (κ3) is 3.06. The quantitative estimate of drug-likeness (QED) is 0.819. The van der Waals surface area contributed by atoms with Gasteiger partial charge in [0, 0.05) is 19.1 Å². The Labute approximate surface area is 97.5 Å². The third-order valence-electron chi connectivity index (χ3n) is 2.87. The molecule has 0 aliphatic carbocycles. The predicted molar refractivity (Wildman–Crippen MR) is 65.9 cm³/mol. The molecule has 1 atom stereocenters. The summed E-state index contributed by atoms with van der Waals surface area (Å²) < 4.78 is 0. The second-order valence-electron chi connectivity index (χ2n) is 3.83. The number of rotatable bonds is 5. The summed E-state index contributed by atoms with van der Waals surface area (Å²) in [4.78, 5) is 2.30. The van der Waals surface area contributed by atoms with E-state index in [-0.39, 0.29) is 0 Å². The molecule has 0 amide bonds. The largest absolute Gasteiger partial charge is 0.329 e. The van der Waals surface area contributed by atoms with Gasteiger partial charge in [0.15, 0.2) is 0 Å².